The van der Waals surface area contributed by atoms with E-state index in [1.54, 1.807) is 40.4 Å². The van der Waals surface area contributed by atoms with Crippen LogP contribution in [0, 0.1) is 12.7 Å². The number of aryl methyl sites for hydroxylation is 1. The zero-order chi connectivity index (χ0) is 25.3. The number of carbonyl (C=O) groups is 1. The zero-order valence-electron chi connectivity index (χ0n) is 19.7. The van der Waals surface area contributed by atoms with Gasteiger partial charge in [0.2, 0.25) is 0 Å². The number of hydrogen-bond acceptors (Lipinski definition) is 9. The van der Waals surface area contributed by atoms with Crippen LogP contribution in [0.1, 0.15) is 24.8 Å². The molecule has 0 aromatic heterocycles. The van der Waals surface area contributed by atoms with Crippen LogP contribution >= 0.6 is 0 Å². The van der Waals surface area contributed by atoms with E-state index in [0.29, 0.717) is 25.2 Å². The highest BCUT2D eigenvalue weighted by Gasteiger charge is 2.38. The monoisotopic (exact) mass is 515 g/mol. The van der Waals surface area contributed by atoms with Gasteiger partial charge in [-0.3, -0.25) is 4.90 Å². The third-order valence-corrected chi connectivity index (χ3v) is 7.61. The molecule has 2 atom stereocenters. The number of cyclic esters (lactones) is 1. The Hall–Kier alpha value is -3.35. The average molecular weight is 516 g/mol. The van der Waals surface area contributed by atoms with Gasteiger partial charge in [0.25, 0.3) is 10.1 Å². The standard InChI is InChI=1S/C24H26FN5O5S/c1-17-5-8-20(9-6-17)36(32,33)35-23-4-2-3-12-29(23)22-10-7-18(14-21(22)25)30-16-19(34-24(30)31)15-28-13-11-26-27-28/h5-11,13-14,19,23H,2-4,12,15-16H2,1H3/q+1/t19?,23-/m0/s1. The van der Waals surface area contributed by atoms with E-state index in [4.69, 9.17) is 8.92 Å². The van der Waals surface area contributed by atoms with Crippen molar-refractivity contribution >= 4 is 27.6 Å². The van der Waals surface area contributed by atoms with Gasteiger partial charge in [-0.05, 0) is 56.5 Å². The van der Waals surface area contributed by atoms with Crippen molar-refractivity contribution < 1.29 is 26.5 Å². The second kappa shape index (κ2) is 9.96. The molecule has 0 N–H and O–H groups in total. The number of ether oxygens (including phenoxy) is 1. The van der Waals surface area contributed by atoms with Crippen molar-refractivity contribution in [3.05, 3.63) is 66.2 Å². The Bertz CT molecular complexity index is 1290. The van der Waals surface area contributed by atoms with Crippen molar-refractivity contribution in [3.8, 4) is 0 Å². The second-order valence-corrected chi connectivity index (χ2v) is 10.5. The quantitative estimate of drug-likeness (QED) is 0.405. The maximum atomic E-state index is 15.3. The van der Waals surface area contributed by atoms with E-state index in [1.807, 2.05) is 6.92 Å². The summed E-state index contributed by atoms with van der Waals surface area (Å²) in [7, 11) is -4.03. The van der Waals surface area contributed by atoms with Gasteiger partial charge >= 0.3 is 6.09 Å². The molecule has 0 spiro atoms. The molecule has 2 aromatic carbocycles. The van der Waals surface area contributed by atoms with Crippen molar-refractivity contribution in [2.45, 2.75) is 43.4 Å². The first kappa shape index (κ1) is 24.3. The molecule has 1 radical (unpaired) electrons. The lowest BCUT2D eigenvalue weighted by Crippen LogP contribution is -2.43. The fourth-order valence-electron chi connectivity index (χ4n) is 4.45. The van der Waals surface area contributed by atoms with Gasteiger partial charge in [-0.15, -0.1) is 0 Å². The number of piperidine rings is 1. The summed E-state index contributed by atoms with van der Waals surface area (Å²) in [6.07, 6.45) is 3.31. The highest BCUT2D eigenvalue weighted by molar-refractivity contribution is 7.86. The molecule has 1 amide bonds. The molecule has 10 nitrogen and oxygen atoms in total. The molecule has 3 aliphatic heterocycles. The first-order valence-electron chi connectivity index (χ1n) is 11.7. The summed E-state index contributed by atoms with van der Waals surface area (Å²) in [5, 5.41) is 9.17. The fraction of sp³-hybridized carbons (Fsp3) is 0.375. The summed E-state index contributed by atoms with van der Waals surface area (Å²) in [5.74, 6) is -0.580. The molecule has 3 heterocycles. The van der Waals surface area contributed by atoms with Gasteiger partial charge in [-0.2, -0.15) is 8.42 Å². The van der Waals surface area contributed by atoms with Gasteiger partial charge in [0.15, 0.2) is 18.8 Å². The molecule has 0 aliphatic carbocycles. The topological polar surface area (TPSA) is 107 Å². The molecule has 36 heavy (non-hydrogen) atoms. The number of benzene rings is 2. The smallest absolute Gasteiger partial charge is 0.414 e. The van der Waals surface area contributed by atoms with Crippen LogP contribution in [0.5, 0.6) is 0 Å². The predicted octanol–water partition coefficient (Wildman–Crippen LogP) is 4.17. The first-order chi connectivity index (χ1) is 17.3. The van der Waals surface area contributed by atoms with Crippen molar-refractivity contribution in [2.24, 2.45) is 10.3 Å². The number of amides is 1. The number of nitrogens with zero attached hydrogens (tertiary/aromatic N) is 5. The molecular weight excluding hydrogens is 489 g/mol. The molecule has 2 fully saturated rings. The number of carbonyl (C=O) groups excluding carboxylic acids is 1. The molecule has 0 saturated carbocycles. The van der Waals surface area contributed by atoms with E-state index in [0.717, 1.165) is 18.4 Å². The first-order valence-corrected chi connectivity index (χ1v) is 13.1. The summed E-state index contributed by atoms with van der Waals surface area (Å²) in [5.41, 5.74) is 1.50. The predicted molar refractivity (Wildman–Crippen MR) is 129 cm³/mol. The Balaban J connectivity index is 1.31. The third-order valence-electron chi connectivity index (χ3n) is 6.28. The van der Waals surface area contributed by atoms with Crippen LogP contribution in [0.3, 0.4) is 0 Å². The normalized spacial score (nSPS) is 22.4. The fourth-order valence-corrected chi connectivity index (χ4v) is 5.52. The van der Waals surface area contributed by atoms with Gasteiger partial charge in [0.05, 0.1) is 28.0 Å². The molecule has 5 rings (SSSR count). The molecular formula is C24H26FN5O5S+. The SMILES string of the molecule is Cc1ccc(S(=O)(=O)O[C@H]2CCCCN2c2ccc(N3CC(C[N+]4C=CN=N4)OC3=O)cc2F)cc1. The Morgan fingerprint density at radius 1 is 1.19 bits per heavy atom. The van der Waals surface area contributed by atoms with Crippen LogP contribution in [0.2, 0.25) is 0 Å². The minimum atomic E-state index is -4.03. The molecule has 1 unspecified atom stereocenters. The molecule has 3 aliphatic rings. The number of halogens is 1. The van der Waals surface area contributed by atoms with Gasteiger partial charge in [0, 0.05) is 11.6 Å². The molecule has 2 aromatic rings. The van der Waals surface area contributed by atoms with E-state index in [2.05, 4.69) is 10.3 Å². The van der Waals surface area contributed by atoms with Gasteiger partial charge in [-0.1, -0.05) is 22.8 Å². The Labute approximate surface area is 208 Å². The van der Waals surface area contributed by atoms with Gasteiger partial charge < -0.3 is 9.64 Å². The molecule has 12 heteroatoms. The van der Waals surface area contributed by atoms with Crippen LogP contribution in [0.15, 0.2) is 70.1 Å². The minimum absolute atomic E-state index is 0.0578. The minimum Gasteiger partial charge on any atom is -0.438 e. The van der Waals surface area contributed by atoms with E-state index in [9.17, 15) is 13.2 Å². The second-order valence-electron chi connectivity index (χ2n) is 8.88. The Kier molecular flexibility index (Phi) is 6.73. The van der Waals surface area contributed by atoms with E-state index < -0.39 is 34.4 Å². The summed E-state index contributed by atoms with van der Waals surface area (Å²) in [4.78, 5) is 15.5. The highest BCUT2D eigenvalue weighted by atomic mass is 32.2. The third kappa shape index (κ3) is 5.11. The van der Waals surface area contributed by atoms with Gasteiger partial charge in [-0.25, -0.2) is 13.4 Å². The maximum Gasteiger partial charge on any atom is 0.414 e. The lowest BCUT2D eigenvalue weighted by atomic mass is 10.1. The van der Waals surface area contributed by atoms with Crippen LogP contribution in [-0.2, 0) is 19.0 Å². The lowest BCUT2D eigenvalue weighted by molar-refractivity contribution is 0.134. The molecule has 2 saturated heterocycles. The molecule has 189 valence electrons. The number of hydrogen-bond donors (Lipinski definition) is 0. The van der Waals surface area contributed by atoms with Crippen LogP contribution in [0.25, 0.3) is 0 Å². The van der Waals surface area contributed by atoms with Gasteiger partial charge in [0.1, 0.15) is 18.2 Å². The van der Waals surface area contributed by atoms with Crippen molar-refractivity contribution in [2.75, 3.05) is 29.4 Å². The van der Waals surface area contributed by atoms with Crippen LogP contribution in [0.4, 0.5) is 20.6 Å². The van der Waals surface area contributed by atoms with Crippen LogP contribution in [-0.4, -0.2) is 46.5 Å². The van der Waals surface area contributed by atoms with E-state index >= 15 is 4.39 Å². The van der Waals surface area contributed by atoms with Crippen molar-refractivity contribution in [1.82, 2.24) is 5.01 Å². The molecule has 0 bridgehead atoms. The maximum absolute atomic E-state index is 15.3. The van der Waals surface area contributed by atoms with Crippen molar-refractivity contribution in [3.63, 3.8) is 0 Å². The summed E-state index contributed by atoms with van der Waals surface area (Å²) in [6, 6.07) is 10.8. The summed E-state index contributed by atoms with van der Waals surface area (Å²) in [6.45, 7) is 2.88. The zero-order valence-corrected chi connectivity index (χ0v) is 20.5. The van der Waals surface area contributed by atoms with E-state index in [-0.39, 0.29) is 17.1 Å². The summed E-state index contributed by atoms with van der Waals surface area (Å²) < 4.78 is 52.0. The lowest BCUT2D eigenvalue weighted by Gasteiger charge is -2.36. The largest absolute Gasteiger partial charge is 0.438 e. The van der Waals surface area contributed by atoms with Crippen molar-refractivity contribution in [1.29, 1.82) is 0 Å². The number of anilines is 2. The highest BCUT2D eigenvalue weighted by Crippen LogP contribution is 2.33. The van der Waals surface area contributed by atoms with Crippen LogP contribution < -0.4 is 14.8 Å². The number of rotatable bonds is 7. The average Bonchev–Trinajstić information content (AvgIpc) is 3.49. The van der Waals surface area contributed by atoms with E-state index in [1.165, 1.54) is 29.3 Å². The Morgan fingerprint density at radius 3 is 2.72 bits per heavy atom. The summed E-state index contributed by atoms with van der Waals surface area (Å²) >= 11 is 0. The Morgan fingerprint density at radius 2 is 2.00 bits per heavy atom.